The van der Waals surface area contributed by atoms with E-state index < -0.39 is 0 Å². The predicted octanol–water partition coefficient (Wildman–Crippen LogP) is 3.35. The van der Waals surface area contributed by atoms with E-state index in [1.54, 1.807) is 0 Å². The van der Waals surface area contributed by atoms with Crippen molar-refractivity contribution in [1.29, 1.82) is 0 Å². The summed E-state index contributed by atoms with van der Waals surface area (Å²) in [6.45, 7) is 8.61. The van der Waals surface area contributed by atoms with Crippen LogP contribution in [0.25, 0.3) is 0 Å². The van der Waals surface area contributed by atoms with Gasteiger partial charge in [-0.25, -0.2) is 0 Å². The molecule has 1 aromatic carbocycles. The molecule has 0 aliphatic carbocycles. The molecule has 1 saturated heterocycles. The zero-order valence-electron chi connectivity index (χ0n) is 13.6. The molecule has 0 spiro atoms. The van der Waals surface area contributed by atoms with E-state index in [2.05, 4.69) is 56.9 Å². The standard InChI is InChI=1S/C17H28N2O/c1-16(2)11-14(17(3,4)20-16)15(18)12-7-9-13(10-8-12)19(5)6/h7-10,14-15H,11,18H2,1-6H3. The quantitative estimate of drug-likeness (QED) is 0.920. The summed E-state index contributed by atoms with van der Waals surface area (Å²) in [5.41, 5.74) is 8.65. The SMILES string of the molecule is CN(C)c1ccc(C(N)C2CC(C)(C)OC2(C)C)cc1. The maximum absolute atomic E-state index is 6.53. The fraction of sp³-hybridized carbons (Fsp3) is 0.647. The van der Waals surface area contributed by atoms with E-state index in [9.17, 15) is 0 Å². The zero-order chi connectivity index (χ0) is 15.1. The summed E-state index contributed by atoms with van der Waals surface area (Å²) >= 11 is 0. The van der Waals surface area contributed by atoms with Gasteiger partial charge in [-0.05, 0) is 51.8 Å². The molecule has 2 N–H and O–H groups in total. The third-order valence-corrected chi connectivity index (χ3v) is 4.37. The molecule has 1 fully saturated rings. The molecule has 1 aromatic rings. The highest BCUT2D eigenvalue weighted by atomic mass is 16.5. The molecule has 1 aliphatic rings. The first kappa shape index (κ1) is 15.3. The van der Waals surface area contributed by atoms with Gasteiger partial charge in [0.15, 0.2) is 0 Å². The van der Waals surface area contributed by atoms with Gasteiger partial charge in [-0.15, -0.1) is 0 Å². The van der Waals surface area contributed by atoms with Crippen LogP contribution in [0.3, 0.4) is 0 Å². The van der Waals surface area contributed by atoms with Gasteiger partial charge in [-0.2, -0.15) is 0 Å². The van der Waals surface area contributed by atoms with Crippen molar-refractivity contribution >= 4 is 5.69 Å². The molecule has 2 rings (SSSR count). The van der Waals surface area contributed by atoms with E-state index in [4.69, 9.17) is 10.5 Å². The summed E-state index contributed by atoms with van der Waals surface area (Å²) in [6.07, 6.45) is 0.997. The smallest absolute Gasteiger partial charge is 0.0680 e. The van der Waals surface area contributed by atoms with Gasteiger partial charge in [0, 0.05) is 31.7 Å². The van der Waals surface area contributed by atoms with Gasteiger partial charge in [0.1, 0.15) is 0 Å². The van der Waals surface area contributed by atoms with E-state index in [0.717, 1.165) is 6.42 Å². The third kappa shape index (κ3) is 2.99. The number of hydrogen-bond donors (Lipinski definition) is 1. The molecule has 1 heterocycles. The summed E-state index contributed by atoms with van der Waals surface area (Å²) in [6, 6.07) is 8.55. The largest absolute Gasteiger partial charge is 0.378 e. The third-order valence-electron chi connectivity index (χ3n) is 4.37. The Morgan fingerprint density at radius 3 is 2.10 bits per heavy atom. The number of hydrogen-bond acceptors (Lipinski definition) is 3. The van der Waals surface area contributed by atoms with Crippen LogP contribution in [0, 0.1) is 5.92 Å². The maximum Gasteiger partial charge on any atom is 0.0680 e. The molecule has 112 valence electrons. The fourth-order valence-corrected chi connectivity index (χ4v) is 3.39. The van der Waals surface area contributed by atoms with Crippen LogP contribution in [0.4, 0.5) is 5.69 Å². The average Bonchev–Trinajstić information content (AvgIpc) is 2.56. The Morgan fingerprint density at radius 2 is 1.70 bits per heavy atom. The van der Waals surface area contributed by atoms with E-state index in [1.807, 2.05) is 14.1 Å². The van der Waals surface area contributed by atoms with Gasteiger partial charge < -0.3 is 15.4 Å². The molecule has 0 radical (unpaired) electrons. The van der Waals surface area contributed by atoms with Gasteiger partial charge in [0.2, 0.25) is 0 Å². The number of ether oxygens (including phenoxy) is 1. The minimum atomic E-state index is -0.177. The molecular weight excluding hydrogens is 248 g/mol. The van der Waals surface area contributed by atoms with Crippen LogP contribution in [0.1, 0.15) is 45.7 Å². The molecule has 1 aliphatic heterocycles. The Kier molecular flexibility index (Phi) is 3.87. The van der Waals surface area contributed by atoms with Gasteiger partial charge in [-0.3, -0.25) is 0 Å². The molecule has 0 aromatic heterocycles. The Hall–Kier alpha value is -1.06. The van der Waals surface area contributed by atoms with Gasteiger partial charge in [0.25, 0.3) is 0 Å². The average molecular weight is 276 g/mol. The second-order valence-corrected chi connectivity index (χ2v) is 7.29. The molecule has 2 atom stereocenters. The molecule has 0 bridgehead atoms. The molecule has 0 saturated carbocycles. The molecule has 20 heavy (non-hydrogen) atoms. The van der Waals surface area contributed by atoms with Crippen molar-refractivity contribution in [3.63, 3.8) is 0 Å². The highest BCUT2D eigenvalue weighted by molar-refractivity contribution is 5.46. The number of anilines is 1. The minimum Gasteiger partial charge on any atom is -0.378 e. The second-order valence-electron chi connectivity index (χ2n) is 7.29. The zero-order valence-corrected chi connectivity index (χ0v) is 13.6. The molecule has 0 amide bonds. The Labute approximate surface area is 123 Å². The van der Waals surface area contributed by atoms with Gasteiger partial charge >= 0.3 is 0 Å². The van der Waals surface area contributed by atoms with Crippen LogP contribution in [0.15, 0.2) is 24.3 Å². The first-order valence-electron chi connectivity index (χ1n) is 7.35. The Morgan fingerprint density at radius 1 is 1.15 bits per heavy atom. The van der Waals surface area contributed by atoms with Gasteiger partial charge in [-0.1, -0.05) is 12.1 Å². The van der Waals surface area contributed by atoms with Crippen LogP contribution in [-0.4, -0.2) is 25.3 Å². The monoisotopic (exact) mass is 276 g/mol. The molecule has 2 unspecified atom stereocenters. The van der Waals surface area contributed by atoms with Crippen LogP contribution in [0.2, 0.25) is 0 Å². The van der Waals surface area contributed by atoms with E-state index >= 15 is 0 Å². The minimum absolute atomic E-state index is 0.0167. The number of rotatable bonds is 3. The fourth-order valence-electron chi connectivity index (χ4n) is 3.39. The number of nitrogens with two attached hydrogens (primary N) is 1. The van der Waals surface area contributed by atoms with Crippen LogP contribution < -0.4 is 10.6 Å². The summed E-state index contributed by atoms with van der Waals surface area (Å²) in [4.78, 5) is 2.10. The summed E-state index contributed by atoms with van der Waals surface area (Å²) in [5.74, 6) is 0.336. The lowest BCUT2D eigenvalue weighted by Gasteiger charge is -2.31. The lowest BCUT2D eigenvalue weighted by Crippen LogP contribution is -2.35. The van der Waals surface area contributed by atoms with Crippen LogP contribution >= 0.6 is 0 Å². The number of nitrogens with zero attached hydrogens (tertiary/aromatic N) is 1. The van der Waals surface area contributed by atoms with E-state index in [1.165, 1.54) is 11.3 Å². The highest BCUT2D eigenvalue weighted by Gasteiger charge is 2.48. The van der Waals surface area contributed by atoms with Crippen molar-refractivity contribution < 1.29 is 4.74 Å². The summed E-state index contributed by atoms with van der Waals surface area (Å²) < 4.78 is 6.17. The van der Waals surface area contributed by atoms with Gasteiger partial charge in [0.05, 0.1) is 11.2 Å². The van der Waals surface area contributed by atoms with Crippen molar-refractivity contribution in [3.05, 3.63) is 29.8 Å². The maximum atomic E-state index is 6.53. The summed E-state index contributed by atoms with van der Waals surface area (Å²) in [5, 5.41) is 0. The first-order valence-corrected chi connectivity index (χ1v) is 7.35. The second kappa shape index (κ2) is 5.05. The molecular formula is C17H28N2O. The Bertz CT molecular complexity index is 462. The number of benzene rings is 1. The first-order chi connectivity index (χ1) is 9.12. The van der Waals surface area contributed by atoms with Crippen molar-refractivity contribution in [2.75, 3.05) is 19.0 Å². The Balaban J connectivity index is 2.21. The van der Waals surface area contributed by atoms with Crippen molar-refractivity contribution in [1.82, 2.24) is 0 Å². The van der Waals surface area contributed by atoms with E-state index in [-0.39, 0.29) is 17.2 Å². The van der Waals surface area contributed by atoms with Crippen LogP contribution in [-0.2, 0) is 4.74 Å². The highest BCUT2D eigenvalue weighted by Crippen LogP contribution is 2.46. The predicted molar refractivity (Wildman–Crippen MR) is 85.0 cm³/mol. The van der Waals surface area contributed by atoms with Crippen molar-refractivity contribution in [3.8, 4) is 0 Å². The van der Waals surface area contributed by atoms with Crippen LogP contribution in [0.5, 0.6) is 0 Å². The van der Waals surface area contributed by atoms with Crippen molar-refractivity contribution in [2.45, 2.75) is 51.4 Å². The summed E-state index contributed by atoms with van der Waals surface area (Å²) in [7, 11) is 4.09. The van der Waals surface area contributed by atoms with E-state index in [0.29, 0.717) is 5.92 Å². The topological polar surface area (TPSA) is 38.5 Å². The lowest BCUT2D eigenvalue weighted by molar-refractivity contribution is -0.0767. The van der Waals surface area contributed by atoms with Crippen molar-refractivity contribution in [2.24, 2.45) is 11.7 Å². The lowest BCUT2D eigenvalue weighted by atomic mass is 9.79. The molecule has 3 heteroatoms. The normalized spacial score (nSPS) is 25.4. The molecule has 3 nitrogen and oxygen atoms in total.